The monoisotopic (exact) mass is 401 g/mol. The Morgan fingerprint density at radius 1 is 1.31 bits per heavy atom. The zero-order chi connectivity index (χ0) is 18.9. The molecule has 8 nitrogen and oxygen atoms in total. The summed E-state index contributed by atoms with van der Waals surface area (Å²) < 4.78 is 42.7. The lowest BCUT2D eigenvalue weighted by Gasteiger charge is -2.24. The van der Waals surface area contributed by atoms with Crippen LogP contribution >= 0.6 is 11.8 Å². The van der Waals surface area contributed by atoms with E-state index in [-0.39, 0.29) is 27.6 Å². The van der Waals surface area contributed by atoms with E-state index in [4.69, 9.17) is 0 Å². The highest BCUT2D eigenvalue weighted by molar-refractivity contribution is 8.16. The lowest BCUT2D eigenvalue weighted by Crippen LogP contribution is -2.38. The number of sulfone groups is 1. The maximum Gasteiger partial charge on any atom is 0.274 e. The minimum Gasteiger partial charge on any atom is -0.548 e. The number of carbonyl (C=O) groups is 2. The Labute approximate surface area is 153 Å². The molecular weight excluding hydrogens is 387 g/mol. The number of aliphatic imine (C=N–C) groups is 1. The van der Waals surface area contributed by atoms with E-state index < -0.39 is 46.8 Å². The summed E-state index contributed by atoms with van der Waals surface area (Å²) >= 11 is 1.09. The van der Waals surface area contributed by atoms with E-state index in [2.05, 4.69) is 9.73 Å². The number of para-hydroxylation sites is 1. The van der Waals surface area contributed by atoms with Gasteiger partial charge in [0.2, 0.25) is 0 Å². The zero-order valence-electron chi connectivity index (χ0n) is 13.3. The fraction of sp³-hybridized carbons (Fsp3) is 0.400. The van der Waals surface area contributed by atoms with Gasteiger partial charge in [0.25, 0.3) is 5.91 Å². The third-order valence-corrected chi connectivity index (χ3v) is 7.05. The lowest BCUT2D eigenvalue weighted by molar-refractivity contribution is -0.309. The summed E-state index contributed by atoms with van der Waals surface area (Å²) in [4.78, 5) is 27.5. The van der Waals surface area contributed by atoms with E-state index in [0.717, 1.165) is 11.8 Å². The summed E-state index contributed by atoms with van der Waals surface area (Å²) in [5, 5.41) is 10.1. The van der Waals surface area contributed by atoms with Crippen molar-refractivity contribution in [3.63, 3.8) is 0 Å². The van der Waals surface area contributed by atoms with E-state index in [1.165, 1.54) is 23.1 Å². The molecule has 0 N–H and O–H groups in total. The molecule has 2 atom stereocenters. The summed E-state index contributed by atoms with van der Waals surface area (Å²) in [5.74, 6) is -3.02. The number of anilines is 1. The third kappa shape index (κ3) is 4.05. The van der Waals surface area contributed by atoms with E-state index in [0.29, 0.717) is 0 Å². The van der Waals surface area contributed by atoms with Crippen LogP contribution in [0.2, 0.25) is 0 Å². The topological polar surface area (TPSA) is 116 Å². The Morgan fingerprint density at radius 2 is 2.04 bits per heavy atom. The maximum atomic E-state index is 14.3. The number of hydrogen-bond donors (Lipinski definition) is 0. The number of carboxylic acids is 1. The average molecular weight is 401 g/mol. The number of carbonyl (C=O) groups excluding carboxylic acids is 2. The van der Waals surface area contributed by atoms with Gasteiger partial charge in [-0.05, 0) is 12.1 Å². The number of aliphatic carboxylic acids is 1. The summed E-state index contributed by atoms with van der Waals surface area (Å²) in [6, 6.07) is 5.29. The molecule has 0 aliphatic carbocycles. The Morgan fingerprint density at radius 3 is 2.73 bits per heavy atom. The number of fused-ring (bicyclic) bond motifs is 1. The van der Waals surface area contributed by atoms with Crippen molar-refractivity contribution in [2.45, 2.75) is 11.3 Å². The van der Waals surface area contributed by atoms with E-state index >= 15 is 0 Å². The second kappa shape index (κ2) is 7.33. The molecular formula is C15H14FN2O6S2-. The second-order valence-electron chi connectivity index (χ2n) is 5.77. The van der Waals surface area contributed by atoms with Gasteiger partial charge >= 0.3 is 0 Å². The molecule has 0 aromatic heterocycles. The van der Waals surface area contributed by atoms with E-state index in [1.807, 2.05) is 0 Å². The molecule has 1 aromatic rings. The average Bonchev–Trinajstić information content (AvgIpc) is 2.98. The molecule has 2 aliphatic rings. The van der Waals surface area contributed by atoms with Crippen LogP contribution in [0.1, 0.15) is 0 Å². The summed E-state index contributed by atoms with van der Waals surface area (Å²) in [5.41, 5.74) is 0.131. The second-order valence-corrected chi connectivity index (χ2v) is 9.14. The molecule has 2 heterocycles. The summed E-state index contributed by atoms with van der Waals surface area (Å²) in [7, 11) is -3.26. The van der Waals surface area contributed by atoms with Crippen molar-refractivity contribution in [3.8, 4) is 0 Å². The number of hydrogen-bond acceptors (Lipinski definition) is 7. The van der Waals surface area contributed by atoms with Crippen LogP contribution in [0, 0.1) is 5.82 Å². The first-order chi connectivity index (χ1) is 12.3. The predicted octanol–water partition coefficient (Wildman–Crippen LogP) is -0.806. The van der Waals surface area contributed by atoms with Gasteiger partial charge in [-0.25, -0.2) is 12.8 Å². The molecule has 1 aromatic carbocycles. The van der Waals surface area contributed by atoms with Gasteiger partial charge in [-0.15, -0.1) is 0 Å². The summed E-state index contributed by atoms with van der Waals surface area (Å²) in [6.07, 6.45) is 0. The van der Waals surface area contributed by atoms with Gasteiger partial charge in [0.15, 0.2) is 15.0 Å². The largest absolute Gasteiger partial charge is 0.548 e. The van der Waals surface area contributed by atoms with Crippen molar-refractivity contribution in [2.24, 2.45) is 4.99 Å². The van der Waals surface area contributed by atoms with Gasteiger partial charge in [-0.1, -0.05) is 23.9 Å². The Balaban J connectivity index is 1.87. The molecule has 0 bridgehead atoms. The van der Waals surface area contributed by atoms with Crippen LogP contribution in [-0.2, 0) is 24.2 Å². The molecule has 2 aliphatic heterocycles. The highest BCUT2D eigenvalue weighted by Crippen LogP contribution is 2.41. The maximum absolute atomic E-state index is 14.3. The third-order valence-electron chi connectivity index (χ3n) is 3.84. The highest BCUT2D eigenvalue weighted by atomic mass is 32.2. The molecule has 0 saturated carbocycles. The van der Waals surface area contributed by atoms with Gasteiger partial charge in [0, 0.05) is 5.25 Å². The molecule has 0 unspecified atom stereocenters. The van der Waals surface area contributed by atoms with Crippen molar-refractivity contribution >= 4 is 44.3 Å². The molecule has 2 saturated heterocycles. The first-order valence-electron chi connectivity index (χ1n) is 7.57. The van der Waals surface area contributed by atoms with Gasteiger partial charge in [-0.3, -0.25) is 4.79 Å². The Bertz CT molecular complexity index is 873. The van der Waals surface area contributed by atoms with Gasteiger partial charge in [0.05, 0.1) is 35.8 Å². The predicted molar refractivity (Wildman–Crippen MR) is 91.0 cm³/mol. The summed E-state index contributed by atoms with van der Waals surface area (Å²) in [6.45, 7) is -1.32. The van der Waals surface area contributed by atoms with Crippen molar-refractivity contribution < 1.29 is 32.2 Å². The van der Waals surface area contributed by atoms with Crippen LogP contribution in [0.25, 0.3) is 0 Å². The molecule has 0 radical (unpaired) electrons. The van der Waals surface area contributed by atoms with Crippen LogP contribution < -0.4 is 10.0 Å². The Kier molecular flexibility index (Phi) is 5.30. The number of halogens is 1. The number of thioether (sulfide) groups is 1. The number of amides is 1. The molecule has 3 rings (SSSR count). The molecule has 140 valence electrons. The normalized spacial score (nSPS) is 25.4. The molecule has 0 spiro atoms. The number of benzene rings is 1. The standard InChI is InChI=1S/C15H15FN2O6S2/c16-9-3-1-2-4-10(9)18-11-7-26(22,23)8-12(11)25-15(18)17-13(19)5-24-6-14(20)21/h1-4,11-12H,5-8H2,(H,20,21)/p-1/t11-,12-/m0/s1. The Hall–Kier alpha value is -1.98. The van der Waals surface area contributed by atoms with Crippen LogP contribution in [0.5, 0.6) is 0 Å². The van der Waals surface area contributed by atoms with Crippen molar-refractivity contribution in [3.05, 3.63) is 30.1 Å². The highest BCUT2D eigenvalue weighted by Gasteiger charge is 2.49. The number of carboxylic acid groups (broad SMARTS) is 1. The molecule has 2 fully saturated rings. The smallest absolute Gasteiger partial charge is 0.274 e. The van der Waals surface area contributed by atoms with Crippen LogP contribution in [0.15, 0.2) is 29.3 Å². The number of ether oxygens (including phenoxy) is 1. The zero-order valence-corrected chi connectivity index (χ0v) is 15.0. The quantitative estimate of drug-likeness (QED) is 0.629. The molecule has 26 heavy (non-hydrogen) atoms. The number of rotatable bonds is 5. The van der Waals surface area contributed by atoms with E-state index in [1.54, 1.807) is 6.07 Å². The van der Waals surface area contributed by atoms with E-state index in [9.17, 15) is 27.5 Å². The molecule has 11 heteroatoms. The number of amidine groups is 1. The lowest BCUT2D eigenvalue weighted by atomic mass is 10.2. The van der Waals surface area contributed by atoms with Gasteiger partial charge < -0.3 is 19.5 Å². The van der Waals surface area contributed by atoms with Gasteiger partial charge in [-0.2, -0.15) is 4.99 Å². The van der Waals surface area contributed by atoms with Crippen LogP contribution in [0.4, 0.5) is 10.1 Å². The minimum absolute atomic E-state index is 0.0817. The van der Waals surface area contributed by atoms with Crippen molar-refractivity contribution in [1.82, 2.24) is 0 Å². The molecule has 1 amide bonds. The van der Waals surface area contributed by atoms with Gasteiger partial charge in [0.1, 0.15) is 12.4 Å². The van der Waals surface area contributed by atoms with Crippen molar-refractivity contribution in [2.75, 3.05) is 29.6 Å². The SMILES string of the molecule is O=C([O-])COCC(=O)N=C1S[C@H]2CS(=O)(=O)C[C@@H]2N1c1ccccc1F. The minimum atomic E-state index is -3.26. The van der Waals surface area contributed by atoms with Crippen LogP contribution in [0.3, 0.4) is 0 Å². The fourth-order valence-electron chi connectivity index (χ4n) is 2.85. The first kappa shape index (κ1) is 18.8. The van der Waals surface area contributed by atoms with Crippen LogP contribution in [-0.4, -0.2) is 61.5 Å². The number of nitrogens with zero attached hydrogens (tertiary/aromatic N) is 2. The fourth-order valence-corrected chi connectivity index (χ4v) is 6.78. The van der Waals surface area contributed by atoms with Crippen molar-refractivity contribution in [1.29, 1.82) is 0 Å². The first-order valence-corrected chi connectivity index (χ1v) is 10.3.